The van der Waals surface area contributed by atoms with Crippen LogP contribution in [0.1, 0.15) is 11.4 Å². The van der Waals surface area contributed by atoms with Crippen LogP contribution in [0.3, 0.4) is 0 Å². The van der Waals surface area contributed by atoms with Gasteiger partial charge in [-0.3, -0.25) is 4.79 Å². The number of amides is 1. The molecule has 0 saturated carbocycles. The molecule has 1 aliphatic rings. The van der Waals surface area contributed by atoms with Crippen LogP contribution in [0, 0.1) is 6.92 Å². The van der Waals surface area contributed by atoms with Crippen LogP contribution in [0.2, 0.25) is 0 Å². The predicted octanol–water partition coefficient (Wildman–Crippen LogP) is 0.430. The number of carbonyl (C=O) groups excluding carboxylic acids is 1. The number of rotatable bonds is 4. The van der Waals surface area contributed by atoms with Crippen molar-refractivity contribution in [2.24, 2.45) is 0 Å². The minimum atomic E-state index is -1.06. The highest BCUT2D eigenvalue weighted by molar-refractivity contribution is 5.85. The van der Waals surface area contributed by atoms with E-state index in [9.17, 15) is 14.7 Å². The number of hydrogen-bond donors (Lipinski definition) is 1. The van der Waals surface area contributed by atoms with Gasteiger partial charge in [-0.25, -0.2) is 9.48 Å². The first-order valence-corrected chi connectivity index (χ1v) is 7.64. The van der Waals surface area contributed by atoms with Crippen molar-refractivity contribution in [3.05, 3.63) is 41.7 Å². The van der Waals surface area contributed by atoms with Crippen molar-refractivity contribution in [1.82, 2.24) is 19.9 Å². The van der Waals surface area contributed by atoms with Crippen LogP contribution in [0.5, 0.6) is 0 Å². The number of hydrogen-bond acceptors (Lipinski definition) is 5. The fraction of sp³-hybridized carbons (Fsp3) is 0.375. The van der Waals surface area contributed by atoms with Gasteiger partial charge in [0.25, 0.3) is 0 Å². The molecule has 1 atom stereocenters. The van der Waals surface area contributed by atoms with Crippen molar-refractivity contribution in [2.75, 3.05) is 19.8 Å². The molecule has 0 unspecified atom stereocenters. The zero-order valence-electron chi connectivity index (χ0n) is 13.3. The number of aliphatic carboxylic acids is 1. The normalized spacial score (nSPS) is 17.7. The van der Waals surface area contributed by atoms with Crippen molar-refractivity contribution in [1.29, 1.82) is 0 Å². The first kappa shape index (κ1) is 16.1. The molecule has 1 fully saturated rings. The third-order valence-electron chi connectivity index (χ3n) is 4.04. The molecule has 3 rings (SSSR count). The standard InChI is InChI=1S/C16H18N4O4/c1-11-13(17-18-20(11)12-5-3-2-4-6-12)9-15(21)19-7-8-24-10-14(19)16(22)23/h2-6,14H,7-10H2,1H3,(H,22,23)/t14-/m1/s1. The molecule has 2 heterocycles. The molecule has 1 aromatic carbocycles. The SMILES string of the molecule is Cc1c(CC(=O)N2CCOC[C@@H]2C(=O)O)nnn1-c1ccccc1. The highest BCUT2D eigenvalue weighted by atomic mass is 16.5. The largest absolute Gasteiger partial charge is 0.480 e. The fourth-order valence-corrected chi connectivity index (χ4v) is 2.69. The van der Waals surface area contributed by atoms with Gasteiger partial charge in [0.1, 0.15) is 0 Å². The maximum absolute atomic E-state index is 12.5. The van der Waals surface area contributed by atoms with E-state index in [1.807, 2.05) is 37.3 Å². The molecule has 1 amide bonds. The van der Waals surface area contributed by atoms with Crippen molar-refractivity contribution >= 4 is 11.9 Å². The number of aromatic nitrogens is 3. The zero-order chi connectivity index (χ0) is 17.1. The Labute approximate surface area is 138 Å². The number of carboxylic acids is 1. The number of morpholine rings is 1. The first-order valence-electron chi connectivity index (χ1n) is 7.64. The van der Waals surface area contributed by atoms with E-state index in [-0.39, 0.29) is 25.5 Å². The number of para-hydroxylation sites is 1. The summed E-state index contributed by atoms with van der Waals surface area (Å²) in [5, 5.41) is 17.4. The number of carbonyl (C=O) groups is 2. The maximum atomic E-state index is 12.5. The van der Waals surface area contributed by atoms with Crippen molar-refractivity contribution in [3.8, 4) is 5.69 Å². The first-order chi connectivity index (χ1) is 11.6. The summed E-state index contributed by atoms with van der Waals surface area (Å²) in [6.45, 7) is 2.45. The smallest absolute Gasteiger partial charge is 0.328 e. The lowest BCUT2D eigenvalue weighted by molar-refractivity contribution is -0.158. The second-order valence-corrected chi connectivity index (χ2v) is 5.56. The Morgan fingerprint density at radius 3 is 2.79 bits per heavy atom. The van der Waals surface area contributed by atoms with Crippen LogP contribution in [0.15, 0.2) is 30.3 Å². The van der Waals surface area contributed by atoms with E-state index in [1.165, 1.54) is 4.90 Å². The van der Waals surface area contributed by atoms with E-state index in [4.69, 9.17) is 4.74 Å². The van der Waals surface area contributed by atoms with E-state index >= 15 is 0 Å². The van der Waals surface area contributed by atoms with Gasteiger partial charge in [0.05, 0.1) is 36.7 Å². The fourth-order valence-electron chi connectivity index (χ4n) is 2.69. The van der Waals surface area contributed by atoms with Crippen molar-refractivity contribution in [2.45, 2.75) is 19.4 Å². The average molecular weight is 330 g/mol. The van der Waals surface area contributed by atoms with Gasteiger partial charge in [-0.05, 0) is 19.1 Å². The average Bonchev–Trinajstić information content (AvgIpc) is 2.96. The van der Waals surface area contributed by atoms with Gasteiger partial charge in [0, 0.05) is 6.54 Å². The Hall–Kier alpha value is -2.74. The number of carboxylic acid groups (broad SMARTS) is 1. The van der Waals surface area contributed by atoms with Crippen LogP contribution in [-0.4, -0.2) is 62.7 Å². The maximum Gasteiger partial charge on any atom is 0.328 e. The molecule has 0 radical (unpaired) electrons. The molecule has 2 aromatic rings. The molecule has 1 saturated heterocycles. The van der Waals surface area contributed by atoms with Gasteiger partial charge in [-0.15, -0.1) is 5.10 Å². The molecule has 0 aliphatic carbocycles. The van der Waals surface area contributed by atoms with E-state index in [2.05, 4.69) is 10.3 Å². The molecule has 0 bridgehead atoms. The summed E-state index contributed by atoms with van der Waals surface area (Å²) in [5.41, 5.74) is 2.16. The van der Waals surface area contributed by atoms with Gasteiger partial charge in [-0.1, -0.05) is 23.4 Å². The summed E-state index contributed by atoms with van der Waals surface area (Å²) in [7, 11) is 0. The van der Waals surface area contributed by atoms with E-state index < -0.39 is 12.0 Å². The third-order valence-corrected chi connectivity index (χ3v) is 4.04. The van der Waals surface area contributed by atoms with Crippen LogP contribution in [-0.2, 0) is 20.7 Å². The van der Waals surface area contributed by atoms with E-state index in [1.54, 1.807) is 4.68 Å². The molecular formula is C16H18N4O4. The van der Waals surface area contributed by atoms with Crippen LogP contribution < -0.4 is 0 Å². The Morgan fingerprint density at radius 1 is 1.33 bits per heavy atom. The number of benzene rings is 1. The molecule has 126 valence electrons. The second-order valence-electron chi connectivity index (χ2n) is 5.56. The van der Waals surface area contributed by atoms with E-state index in [0.29, 0.717) is 12.3 Å². The molecule has 24 heavy (non-hydrogen) atoms. The molecule has 8 nitrogen and oxygen atoms in total. The van der Waals surface area contributed by atoms with Gasteiger partial charge in [0.15, 0.2) is 6.04 Å². The van der Waals surface area contributed by atoms with E-state index in [0.717, 1.165) is 11.4 Å². The van der Waals surface area contributed by atoms with Gasteiger partial charge in [0.2, 0.25) is 5.91 Å². The van der Waals surface area contributed by atoms with Crippen molar-refractivity contribution < 1.29 is 19.4 Å². The summed E-state index contributed by atoms with van der Waals surface area (Å²) < 4.78 is 6.82. The Kier molecular flexibility index (Phi) is 4.57. The van der Waals surface area contributed by atoms with Crippen LogP contribution in [0.25, 0.3) is 5.69 Å². The second kappa shape index (κ2) is 6.79. The predicted molar refractivity (Wildman–Crippen MR) is 83.8 cm³/mol. The summed E-state index contributed by atoms with van der Waals surface area (Å²) in [5.74, 6) is -1.35. The summed E-state index contributed by atoms with van der Waals surface area (Å²) in [6, 6.07) is 8.55. The van der Waals surface area contributed by atoms with Gasteiger partial charge in [-0.2, -0.15) is 0 Å². The minimum absolute atomic E-state index is 0.0107. The lowest BCUT2D eigenvalue weighted by atomic mass is 10.1. The number of nitrogens with zero attached hydrogens (tertiary/aromatic N) is 4. The zero-order valence-corrected chi connectivity index (χ0v) is 13.3. The Bertz CT molecular complexity index is 744. The third kappa shape index (κ3) is 3.13. The molecule has 1 aliphatic heterocycles. The van der Waals surface area contributed by atoms with Gasteiger partial charge >= 0.3 is 5.97 Å². The molecule has 1 N–H and O–H groups in total. The quantitative estimate of drug-likeness (QED) is 0.873. The Balaban J connectivity index is 1.78. The monoisotopic (exact) mass is 330 g/mol. The van der Waals surface area contributed by atoms with Crippen LogP contribution in [0.4, 0.5) is 0 Å². The van der Waals surface area contributed by atoms with Crippen molar-refractivity contribution in [3.63, 3.8) is 0 Å². The van der Waals surface area contributed by atoms with Crippen LogP contribution >= 0.6 is 0 Å². The topological polar surface area (TPSA) is 97.6 Å². The highest BCUT2D eigenvalue weighted by Crippen LogP contribution is 2.15. The molecule has 8 heteroatoms. The Morgan fingerprint density at radius 2 is 2.08 bits per heavy atom. The lowest BCUT2D eigenvalue weighted by Crippen LogP contribution is -2.53. The molecule has 0 spiro atoms. The number of ether oxygens (including phenoxy) is 1. The summed E-state index contributed by atoms with van der Waals surface area (Å²) >= 11 is 0. The highest BCUT2D eigenvalue weighted by Gasteiger charge is 2.33. The molecule has 1 aromatic heterocycles. The van der Waals surface area contributed by atoms with Gasteiger partial charge < -0.3 is 14.7 Å². The summed E-state index contributed by atoms with van der Waals surface area (Å²) in [6.07, 6.45) is 0.0163. The molecular weight excluding hydrogens is 312 g/mol. The summed E-state index contributed by atoms with van der Waals surface area (Å²) in [4.78, 5) is 25.1. The minimum Gasteiger partial charge on any atom is -0.480 e. The lowest BCUT2D eigenvalue weighted by Gasteiger charge is -2.32.